The average Bonchev–Trinajstić information content (AvgIpc) is 3.58. The molecule has 2 aromatic heterocycles. The number of nitrogens with one attached hydrogen (secondary N) is 3. The number of carbonyl (C=O) groups is 2. The molecule has 0 aromatic carbocycles. The SMILES string of the molecule is CCOC(=O)[C@H](C)NN[C@@H](C)C(=O)OCC.Nc1nc(NC2CC2)c2ncn(CCOCP=O)c2n1. The Balaban J connectivity index is 0.000000262. The molecule has 0 saturated heterocycles. The van der Waals surface area contributed by atoms with E-state index in [4.69, 9.17) is 19.9 Å². The van der Waals surface area contributed by atoms with Crippen LogP contribution in [0.2, 0.25) is 0 Å². The summed E-state index contributed by atoms with van der Waals surface area (Å²) in [5.41, 5.74) is 12.5. The monoisotopic (exact) mass is 526 g/mol. The molecule has 3 rings (SSSR count). The number of ether oxygens (including phenoxy) is 3. The maximum Gasteiger partial charge on any atom is 0.324 e. The van der Waals surface area contributed by atoms with Crippen LogP contribution >= 0.6 is 8.46 Å². The number of imidazole rings is 1. The van der Waals surface area contributed by atoms with E-state index in [-0.39, 0.29) is 32.7 Å². The molecule has 1 fully saturated rings. The van der Waals surface area contributed by atoms with Gasteiger partial charge in [0.05, 0.1) is 26.1 Å². The zero-order valence-electron chi connectivity index (χ0n) is 21.0. The Morgan fingerprint density at radius 2 is 1.75 bits per heavy atom. The summed E-state index contributed by atoms with van der Waals surface area (Å²) < 4.78 is 26.9. The fourth-order valence-corrected chi connectivity index (χ4v) is 3.02. The quantitative estimate of drug-likeness (QED) is 0.119. The van der Waals surface area contributed by atoms with Crippen molar-refractivity contribution in [2.75, 3.05) is 37.2 Å². The minimum absolute atomic E-state index is 0.0152. The molecule has 0 spiro atoms. The van der Waals surface area contributed by atoms with Crippen LogP contribution in [0.5, 0.6) is 0 Å². The Kier molecular flexibility index (Phi) is 12.4. The number of hydrazine groups is 1. The van der Waals surface area contributed by atoms with Gasteiger partial charge in [-0.25, -0.2) is 15.8 Å². The Morgan fingerprint density at radius 3 is 2.28 bits per heavy atom. The van der Waals surface area contributed by atoms with Crippen molar-refractivity contribution in [2.24, 2.45) is 0 Å². The van der Waals surface area contributed by atoms with Gasteiger partial charge in [0.2, 0.25) is 5.95 Å². The van der Waals surface area contributed by atoms with E-state index in [0.29, 0.717) is 49.4 Å². The molecule has 0 bridgehead atoms. The number of rotatable bonds is 14. The number of nitrogen functional groups attached to an aromatic ring is 1. The smallest absolute Gasteiger partial charge is 0.324 e. The summed E-state index contributed by atoms with van der Waals surface area (Å²) in [6.07, 6.45) is 4.18. The zero-order chi connectivity index (χ0) is 26.5. The van der Waals surface area contributed by atoms with E-state index in [1.807, 2.05) is 4.57 Å². The predicted octanol–water partition coefficient (Wildman–Crippen LogP) is 1.23. The Morgan fingerprint density at radius 1 is 1.14 bits per heavy atom. The van der Waals surface area contributed by atoms with E-state index in [9.17, 15) is 14.2 Å². The van der Waals surface area contributed by atoms with E-state index in [0.717, 1.165) is 12.8 Å². The molecular formula is C21H35N8O6P. The molecule has 14 nitrogen and oxygen atoms in total. The Labute approximate surface area is 211 Å². The highest BCUT2D eigenvalue weighted by molar-refractivity contribution is 7.23. The molecule has 5 N–H and O–H groups in total. The van der Waals surface area contributed by atoms with Crippen LogP contribution in [-0.2, 0) is 34.9 Å². The molecule has 2 aromatic rings. The van der Waals surface area contributed by atoms with Crippen LogP contribution in [0, 0.1) is 0 Å². The van der Waals surface area contributed by atoms with Crippen molar-refractivity contribution in [2.45, 2.75) is 65.2 Å². The summed E-state index contributed by atoms with van der Waals surface area (Å²) in [6, 6.07) is -0.564. The van der Waals surface area contributed by atoms with Gasteiger partial charge in [0.25, 0.3) is 0 Å². The number of hydrogen-bond acceptors (Lipinski definition) is 13. The summed E-state index contributed by atoms with van der Waals surface area (Å²) in [7, 11) is -0.0152. The fraction of sp³-hybridized carbons (Fsp3) is 0.667. The molecule has 0 unspecified atom stereocenters. The number of nitrogens with two attached hydrogens (primary N) is 1. The second-order valence-electron chi connectivity index (χ2n) is 7.86. The standard InChI is InChI=1S/C11H15N6O2P.C10H20N2O4/c12-11-15-9(14-7-1-2-7)8-10(16-11)17(5-13-8)3-4-19-6-20-18;1-5-15-9(13)7(3)11-12-8(4)10(14)16-6-2/h5,7H,1-4,6H2,(H3,12,14,15,16);7-8,11-12H,5-6H2,1-4H3/t;7-,8-/m.0/s1. The van der Waals surface area contributed by atoms with Crippen molar-refractivity contribution >= 4 is 43.3 Å². The van der Waals surface area contributed by atoms with Gasteiger partial charge < -0.3 is 29.8 Å². The van der Waals surface area contributed by atoms with E-state index in [1.54, 1.807) is 34.0 Å². The van der Waals surface area contributed by atoms with E-state index < -0.39 is 12.1 Å². The van der Waals surface area contributed by atoms with Crippen molar-refractivity contribution in [1.82, 2.24) is 30.4 Å². The first-order chi connectivity index (χ1) is 17.3. The van der Waals surface area contributed by atoms with Crippen LogP contribution in [-0.4, -0.2) is 75.8 Å². The van der Waals surface area contributed by atoms with Gasteiger partial charge in [-0.05, 0) is 40.5 Å². The molecule has 0 radical (unpaired) electrons. The maximum atomic E-state index is 11.2. The third kappa shape index (κ3) is 9.61. The summed E-state index contributed by atoms with van der Waals surface area (Å²) in [5.74, 6) is 0.172. The number of nitrogens with zero attached hydrogens (tertiary/aromatic N) is 4. The molecule has 2 heterocycles. The number of aromatic nitrogens is 4. The first-order valence-electron chi connectivity index (χ1n) is 11.8. The summed E-state index contributed by atoms with van der Waals surface area (Å²) >= 11 is 0. The minimum Gasteiger partial charge on any atom is -0.465 e. The van der Waals surface area contributed by atoms with Crippen LogP contribution in [0.25, 0.3) is 11.2 Å². The second kappa shape index (κ2) is 15.2. The van der Waals surface area contributed by atoms with Gasteiger partial charge in [0.1, 0.15) is 18.4 Å². The molecule has 0 amide bonds. The summed E-state index contributed by atoms with van der Waals surface area (Å²) in [4.78, 5) is 35.2. The van der Waals surface area contributed by atoms with E-state index in [2.05, 4.69) is 31.1 Å². The summed E-state index contributed by atoms with van der Waals surface area (Å²) in [5, 5.41) is 3.31. The van der Waals surface area contributed by atoms with E-state index >= 15 is 0 Å². The van der Waals surface area contributed by atoms with Crippen LogP contribution in [0.1, 0.15) is 40.5 Å². The molecule has 1 aliphatic rings. The topological polar surface area (TPSA) is 185 Å². The normalized spacial score (nSPS) is 14.6. The lowest BCUT2D eigenvalue weighted by molar-refractivity contribution is -0.148. The zero-order valence-corrected chi connectivity index (χ0v) is 21.9. The highest BCUT2D eigenvalue weighted by Gasteiger charge is 2.24. The molecule has 15 heteroatoms. The van der Waals surface area contributed by atoms with Gasteiger partial charge in [-0.15, -0.1) is 0 Å². The lowest BCUT2D eigenvalue weighted by atomic mass is 10.3. The number of anilines is 2. The predicted molar refractivity (Wildman–Crippen MR) is 133 cm³/mol. The highest BCUT2D eigenvalue weighted by Crippen LogP contribution is 2.27. The van der Waals surface area contributed by atoms with Gasteiger partial charge in [-0.2, -0.15) is 9.97 Å². The minimum atomic E-state index is -0.517. The number of fused-ring (bicyclic) bond motifs is 1. The average molecular weight is 527 g/mol. The van der Waals surface area contributed by atoms with Crippen LogP contribution < -0.4 is 21.9 Å². The number of hydrogen-bond donors (Lipinski definition) is 4. The Hall–Kier alpha value is -2.93. The van der Waals surface area contributed by atoms with Crippen molar-refractivity contribution in [3.63, 3.8) is 0 Å². The summed E-state index contributed by atoms with van der Waals surface area (Å²) in [6.45, 7) is 8.43. The van der Waals surface area contributed by atoms with Gasteiger partial charge in [0.15, 0.2) is 25.4 Å². The van der Waals surface area contributed by atoms with Crippen molar-refractivity contribution < 1.29 is 28.4 Å². The molecule has 200 valence electrons. The number of esters is 2. The molecule has 36 heavy (non-hydrogen) atoms. The molecule has 1 saturated carbocycles. The van der Waals surface area contributed by atoms with Crippen LogP contribution in [0.4, 0.5) is 11.8 Å². The number of carbonyl (C=O) groups excluding carboxylic acids is 2. The Bertz CT molecular complexity index is 978. The van der Waals surface area contributed by atoms with Gasteiger partial charge in [0, 0.05) is 12.6 Å². The highest BCUT2D eigenvalue weighted by atomic mass is 31.1. The molecule has 1 aliphatic carbocycles. The van der Waals surface area contributed by atoms with Gasteiger partial charge in [-0.3, -0.25) is 14.2 Å². The fourth-order valence-electron chi connectivity index (χ4n) is 2.81. The molecule has 0 aliphatic heterocycles. The molecular weight excluding hydrogens is 491 g/mol. The van der Waals surface area contributed by atoms with E-state index in [1.165, 1.54) is 0 Å². The third-order valence-electron chi connectivity index (χ3n) is 4.82. The van der Waals surface area contributed by atoms with Gasteiger partial charge in [-0.1, -0.05) is 0 Å². The lowest BCUT2D eigenvalue weighted by Gasteiger charge is -2.17. The van der Waals surface area contributed by atoms with Crippen LogP contribution in [0.3, 0.4) is 0 Å². The van der Waals surface area contributed by atoms with Crippen molar-refractivity contribution in [3.05, 3.63) is 6.33 Å². The third-order valence-corrected chi connectivity index (χ3v) is 5.10. The largest absolute Gasteiger partial charge is 0.465 e. The van der Waals surface area contributed by atoms with Crippen molar-refractivity contribution in [3.8, 4) is 0 Å². The van der Waals surface area contributed by atoms with Gasteiger partial charge >= 0.3 is 11.9 Å². The van der Waals surface area contributed by atoms with Crippen molar-refractivity contribution in [1.29, 1.82) is 0 Å². The lowest BCUT2D eigenvalue weighted by Crippen LogP contribution is -2.51. The first-order valence-corrected chi connectivity index (χ1v) is 12.8. The maximum absolute atomic E-state index is 11.2. The van der Waals surface area contributed by atoms with Crippen LogP contribution in [0.15, 0.2) is 6.33 Å². The first kappa shape index (κ1) is 29.3. The molecule has 2 atom stereocenters. The second-order valence-corrected chi connectivity index (χ2v) is 8.38.